The van der Waals surface area contributed by atoms with E-state index < -0.39 is 0 Å². The van der Waals surface area contributed by atoms with Gasteiger partial charge in [-0.25, -0.2) is 4.98 Å². The summed E-state index contributed by atoms with van der Waals surface area (Å²) in [6.07, 6.45) is 7.70. The van der Waals surface area contributed by atoms with Crippen LogP contribution in [0.2, 0.25) is 0 Å². The van der Waals surface area contributed by atoms with E-state index >= 15 is 0 Å². The van der Waals surface area contributed by atoms with Crippen LogP contribution in [0.1, 0.15) is 32.1 Å². The SMILES string of the molecule is Nc1ccnc(N2CCC[C@@](CO)(CC3CC3)C2)n1. The van der Waals surface area contributed by atoms with Gasteiger partial charge in [0.2, 0.25) is 5.95 Å². The lowest BCUT2D eigenvalue weighted by Crippen LogP contribution is -2.46. The van der Waals surface area contributed by atoms with Crippen LogP contribution in [-0.4, -0.2) is 34.8 Å². The van der Waals surface area contributed by atoms with E-state index in [1.54, 1.807) is 12.3 Å². The number of piperidine rings is 1. The Morgan fingerprint density at radius 1 is 1.47 bits per heavy atom. The first-order valence-electron chi connectivity index (χ1n) is 7.15. The van der Waals surface area contributed by atoms with E-state index in [0.717, 1.165) is 38.3 Å². The fraction of sp³-hybridized carbons (Fsp3) is 0.714. The molecule has 2 fully saturated rings. The van der Waals surface area contributed by atoms with Crippen molar-refractivity contribution in [3.8, 4) is 0 Å². The quantitative estimate of drug-likeness (QED) is 0.858. The highest BCUT2D eigenvalue weighted by molar-refractivity contribution is 5.38. The summed E-state index contributed by atoms with van der Waals surface area (Å²) in [7, 11) is 0. The molecule has 104 valence electrons. The number of hydrogen-bond acceptors (Lipinski definition) is 5. The average molecular weight is 262 g/mol. The van der Waals surface area contributed by atoms with Crippen LogP contribution in [0.25, 0.3) is 0 Å². The Bertz CT molecular complexity index is 449. The van der Waals surface area contributed by atoms with Crippen LogP contribution in [0.15, 0.2) is 12.3 Å². The van der Waals surface area contributed by atoms with Crippen molar-refractivity contribution < 1.29 is 5.11 Å². The van der Waals surface area contributed by atoms with E-state index in [1.165, 1.54) is 12.8 Å². The minimum Gasteiger partial charge on any atom is -0.396 e. The van der Waals surface area contributed by atoms with Crippen LogP contribution in [0, 0.1) is 11.3 Å². The lowest BCUT2D eigenvalue weighted by Gasteiger charge is -2.42. The predicted molar refractivity (Wildman–Crippen MR) is 74.8 cm³/mol. The Labute approximate surface area is 113 Å². The van der Waals surface area contributed by atoms with Gasteiger partial charge in [0.15, 0.2) is 0 Å². The maximum Gasteiger partial charge on any atom is 0.227 e. The number of anilines is 2. The third-order valence-corrected chi connectivity index (χ3v) is 4.36. The number of aliphatic hydroxyl groups excluding tert-OH is 1. The zero-order valence-corrected chi connectivity index (χ0v) is 11.3. The molecule has 0 unspecified atom stereocenters. The standard InChI is InChI=1S/C14H22N4O/c15-12-4-6-16-13(17-12)18-7-1-5-14(9-18,10-19)8-11-2-3-11/h4,6,11,19H,1-3,5,7-10H2,(H2,15,16,17)/t14-/m1/s1. The molecule has 1 saturated carbocycles. The Kier molecular flexibility index (Phi) is 3.31. The molecule has 1 atom stereocenters. The molecule has 1 aromatic rings. The first-order valence-corrected chi connectivity index (χ1v) is 7.15. The summed E-state index contributed by atoms with van der Waals surface area (Å²) in [5, 5.41) is 9.85. The van der Waals surface area contributed by atoms with Crippen LogP contribution >= 0.6 is 0 Å². The molecule has 3 N–H and O–H groups in total. The summed E-state index contributed by atoms with van der Waals surface area (Å²) in [6.45, 7) is 2.07. The molecule has 2 aliphatic rings. The summed E-state index contributed by atoms with van der Waals surface area (Å²) >= 11 is 0. The molecular weight excluding hydrogens is 240 g/mol. The molecular formula is C14H22N4O. The average Bonchev–Trinajstić information content (AvgIpc) is 3.23. The van der Waals surface area contributed by atoms with Gasteiger partial charge in [0.1, 0.15) is 5.82 Å². The second kappa shape index (κ2) is 4.96. The largest absolute Gasteiger partial charge is 0.396 e. The Morgan fingerprint density at radius 2 is 2.32 bits per heavy atom. The van der Waals surface area contributed by atoms with Gasteiger partial charge in [-0.2, -0.15) is 4.98 Å². The molecule has 0 aromatic carbocycles. The van der Waals surface area contributed by atoms with Crippen LogP contribution < -0.4 is 10.6 Å². The fourth-order valence-corrected chi connectivity index (χ4v) is 3.19. The molecule has 1 aromatic heterocycles. The molecule has 0 bridgehead atoms. The number of rotatable bonds is 4. The van der Waals surface area contributed by atoms with E-state index in [1.807, 2.05) is 0 Å². The topological polar surface area (TPSA) is 75.3 Å². The van der Waals surface area contributed by atoms with Crippen LogP contribution in [-0.2, 0) is 0 Å². The van der Waals surface area contributed by atoms with Gasteiger partial charge in [-0.3, -0.25) is 0 Å². The van der Waals surface area contributed by atoms with E-state index in [-0.39, 0.29) is 12.0 Å². The highest BCUT2D eigenvalue weighted by atomic mass is 16.3. The molecule has 1 aliphatic carbocycles. The minimum atomic E-state index is 0.0351. The van der Waals surface area contributed by atoms with Gasteiger partial charge >= 0.3 is 0 Å². The van der Waals surface area contributed by atoms with Crippen molar-refractivity contribution in [2.75, 3.05) is 30.3 Å². The van der Waals surface area contributed by atoms with Crippen molar-refractivity contribution >= 4 is 11.8 Å². The number of nitrogen functional groups attached to an aromatic ring is 1. The van der Waals surface area contributed by atoms with Gasteiger partial charge in [0, 0.05) is 24.7 Å². The second-order valence-electron chi connectivity index (χ2n) is 6.11. The monoisotopic (exact) mass is 262 g/mol. The normalized spacial score (nSPS) is 27.5. The van der Waals surface area contributed by atoms with Crippen LogP contribution in [0.4, 0.5) is 11.8 Å². The Hall–Kier alpha value is -1.36. The smallest absolute Gasteiger partial charge is 0.227 e. The molecule has 1 saturated heterocycles. The number of aromatic nitrogens is 2. The molecule has 0 spiro atoms. The molecule has 19 heavy (non-hydrogen) atoms. The third-order valence-electron chi connectivity index (χ3n) is 4.36. The third kappa shape index (κ3) is 2.81. The van der Waals surface area contributed by atoms with Gasteiger partial charge in [0.25, 0.3) is 0 Å². The Morgan fingerprint density at radius 3 is 3.00 bits per heavy atom. The lowest BCUT2D eigenvalue weighted by atomic mass is 9.76. The highest BCUT2D eigenvalue weighted by Gasteiger charge is 2.40. The molecule has 5 nitrogen and oxygen atoms in total. The zero-order chi connectivity index (χ0) is 13.3. The molecule has 5 heteroatoms. The number of nitrogens with zero attached hydrogens (tertiary/aromatic N) is 3. The van der Waals surface area contributed by atoms with E-state index in [0.29, 0.717) is 11.8 Å². The van der Waals surface area contributed by atoms with Gasteiger partial charge in [-0.15, -0.1) is 0 Å². The maximum absolute atomic E-state index is 9.85. The van der Waals surface area contributed by atoms with Gasteiger partial charge in [-0.1, -0.05) is 12.8 Å². The first kappa shape index (κ1) is 12.7. The van der Waals surface area contributed by atoms with Crippen molar-refractivity contribution in [1.82, 2.24) is 9.97 Å². The van der Waals surface area contributed by atoms with Gasteiger partial charge < -0.3 is 15.7 Å². The minimum absolute atomic E-state index is 0.0351. The highest BCUT2D eigenvalue weighted by Crippen LogP contribution is 2.44. The second-order valence-corrected chi connectivity index (χ2v) is 6.11. The van der Waals surface area contributed by atoms with Crippen LogP contribution in [0.5, 0.6) is 0 Å². The van der Waals surface area contributed by atoms with Gasteiger partial charge in [0.05, 0.1) is 6.61 Å². The Balaban J connectivity index is 1.75. The van der Waals surface area contributed by atoms with Crippen molar-refractivity contribution in [3.63, 3.8) is 0 Å². The predicted octanol–water partition coefficient (Wildman–Crippen LogP) is 1.44. The van der Waals surface area contributed by atoms with E-state index in [4.69, 9.17) is 5.73 Å². The summed E-state index contributed by atoms with van der Waals surface area (Å²) < 4.78 is 0. The van der Waals surface area contributed by atoms with Gasteiger partial charge in [-0.05, 0) is 31.2 Å². The number of aliphatic hydroxyl groups is 1. The lowest BCUT2D eigenvalue weighted by molar-refractivity contribution is 0.0899. The number of nitrogens with two attached hydrogens (primary N) is 1. The van der Waals surface area contributed by atoms with E-state index in [2.05, 4.69) is 14.9 Å². The summed E-state index contributed by atoms with van der Waals surface area (Å²) in [5.41, 5.74) is 5.76. The first-order chi connectivity index (χ1) is 9.21. The molecule has 0 amide bonds. The zero-order valence-electron chi connectivity index (χ0n) is 11.3. The summed E-state index contributed by atoms with van der Waals surface area (Å²) in [5.74, 6) is 2.04. The fourth-order valence-electron chi connectivity index (χ4n) is 3.19. The summed E-state index contributed by atoms with van der Waals surface area (Å²) in [4.78, 5) is 10.8. The molecule has 1 aliphatic heterocycles. The molecule has 3 rings (SSSR count). The molecule has 0 radical (unpaired) electrons. The van der Waals surface area contributed by atoms with Crippen molar-refractivity contribution in [1.29, 1.82) is 0 Å². The summed E-state index contributed by atoms with van der Waals surface area (Å²) in [6, 6.07) is 1.71. The van der Waals surface area contributed by atoms with Crippen LogP contribution in [0.3, 0.4) is 0 Å². The van der Waals surface area contributed by atoms with Crippen molar-refractivity contribution in [3.05, 3.63) is 12.3 Å². The molecule has 2 heterocycles. The van der Waals surface area contributed by atoms with E-state index in [9.17, 15) is 5.11 Å². The maximum atomic E-state index is 9.85. The number of hydrogen-bond donors (Lipinski definition) is 2. The van der Waals surface area contributed by atoms with Crippen molar-refractivity contribution in [2.45, 2.75) is 32.1 Å². The van der Waals surface area contributed by atoms with Crippen molar-refractivity contribution in [2.24, 2.45) is 11.3 Å².